The highest BCUT2D eigenvalue weighted by atomic mass is 19.4. The zero-order valence-electron chi connectivity index (χ0n) is 12.2. The van der Waals surface area contributed by atoms with E-state index in [2.05, 4.69) is 17.0 Å². The summed E-state index contributed by atoms with van der Waals surface area (Å²) >= 11 is 0. The average Bonchev–Trinajstić information content (AvgIpc) is 2.44. The van der Waals surface area contributed by atoms with Gasteiger partial charge in [0, 0.05) is 12.6 Å². The molecule has 0 heterocycles. The van der Waals surface area contributed by atoms with Crippen molar-refractivity contribution in [2.45, 2.75) is 58.0 Å². The lowest BCUT2D eigenvalue weighted by Crippen LogP contribution is -2.34. The molecule has 0 spiro atoms. The summed E-state index contributed by atoms with van der Waals surface area (Å²) in [7, 11) is 0. The van der Waals surface area contributed by atoms with Crippen LogP contribution in [0.2, 0.25) is 0 Å². The third-order valence-electron chi connectivity index (χ3n) is 4.12. The van der Waals surface area contributed by atoms with Crippen molar-refractivity contribution in [3.63, 3.8) is 0 Å². The van der Waals surface area contributed by atoms with E-state index in [0.29, 0.717) is 18.5 Å². The predicted octanol–water partition coefficient (Wildman–Crippen LogP) is 4.64. The van der Waals surface area contributed by atoms with Crippen LogP contribution in [0.1, 0.15) is 44.6 Å². The lowest BCUT2D eigenvalue weighted by atomic mass is 9.84. The Morgan fingerprint density at radius 1 is 1.24 bits per heavy atom. The minimum atomic E-state index is -4.64. The minimum Gasteiger partial charge on any atom is -0.406 e. The van der Waals surface area contributed by atoms with Crippen LogP contribution in [0.5, 0.6) is 5.75 Å². The fourth-order valence-electron chi connectivity index (χ4n) is 2.93. The highest BCUT2D eigenvalue weighted by Gasteiger charge is 2.31. The molecule has 1 aromatic carbocycles. The second kappa shape index (κ2) is 7.16. The van der Waals surface area contributed by atoms with Gasteiger partial charge in [-0.2, -0.15) is 0 Å². The van der Waals surface area contributed by atoms with E-state index in [0.717, 1.165) is 5.56 Å². The largest absolute Gasteiger partial charge is 0.573 e. The van der Waals surface area contributed by atoms with E-state index in [1.165, 1.54) is 44.2 Å². The van der Waals surface area contributed by atoms with Crippen molar-refractivity contribution in [2.24, 2.45) is 5.92 Å². The van der Waals surface area contributed by atoms with E-state index in [9.17, 15) is 13.2 Å². The first-order chi connectivity index (χ1) is 9.94. The normalized spacial score (nSPS) is 18.5. The fraction of sp³-hybridized carbons (Fsp3) is 0.625. The van der Waals surface area contributed by atoms with Crippen LogP contribution < -0.4 is 10.1 Å². The van der Waals surface area contributed by atoms with Crippen molar-refractivity contribution < 1.29 is 17.9 Å². The van der Waals surface area contributed by atoms with E-state index in [4.69, 9.17) is 0 Å². The molecule has 0 bridgehead atoms. The fourth-order valence-corrected chi connectivity index (χ4v) is 2.93. The molecular formula is C16H22F3NO. The predicted molar refractivity (Wildman–Crippen MR) is 76.0 cm³/mol. The van der Waals surface area contributed by atoms with Gasteiger partial charge in [0.1, 0.15) is 5.75 Å². The number of halogens is 3. The number of alkyl halides is 3. The molecule has 1 saturated carbocycles. The molecule has 0 aromatic heterocycles. The zero-order valence-corrected chi connectivity index (χ0v) is 12.2. The number of benzene rings is 1. The third-order valence-corrected chi connectivity index (χ3v) is 4.12. The van der Waals surface area contributed by atoms with Crippen LogP contribution in [0, 0.1) is 5.92 Å². The molecule has 1 N–H and O–H groups in total. The minimum absolute atomic E-state index is 0.160. The molecule has 5 heteroatoms. The van der Waals surface area contributed by atoms with Gasteiger partial charge in [0.2, 0.25) is 0 Å². The van der Waals surface area contributed by atoms with Crippen molar-refractivity contribution in [3.05, 3.63) is 29.8 Å². The van der Waals surface area contributed by atoms with Crippen LogP contribution in [0.4, 0.5) is 13.2 Å². The van der Waals surface area contributed by atoms with Crippen molar-refractivity contribution >= 4 is 0 Å². The molecule has 0 aliphatic heterocycles. The van der Waals surface area contributed by atoms with Gasteiger partial charge in [0.25, 0.3) is 0 Å². The molecule has 0 amide bonds. The van der Waals surface area contributed by atoms with Crippen LogP contribution >= 0.6 is 0 Å². The van der Waals surface area contributed by atoms with Gasteiger partial charge in [-0.05, 0) is 43.4 Å². The standard InChI is InChI=1S/C16H22F3NO/c1-12(14-7-3-2-4-8-14)20-11-13-6-5-9-15(10-13)21-16(17,18)19/h5-6,9-10,12,14,20H,2-4,7-8,11H2,1H3. The summed E-state index contributed by atoms with van der Waals surface area (Å²) in [6.07, 6.45) is 1.73. The smallest absolute Gasteiger partial charge is 0.406 e. The van der Waals surface area contributed by atoms with Crippen molar-refractivity contribution in [3.8, 4) is 5.75 Å². The van der Waals surface area contributed by atoms with Gasteiger partial charge in [-0.3, -0.25) is 0 Å². The maximum absolute atomic E-state index is 12.2. The Morgan fingerprint density at radius 3 is 2.62 bits per heavy atom. The van der Waals surface area contributed by atoms with Gasteiger partial charge >= 0.3 is 6.36 Å². The van der Waals surface area contributed by atoms with E-state index < -0.39 is 6.36 Å². The zero-order chi connectivity index (χ0) is 15.3. The maximum atomic E-state index is 12.2. The molecule has 2 nitrogen and oxygen atoms in total. The summed E-state index contributed by atoms with van der Waals surface area (Å²) < 4.78 is 40.5. The van der Waals surface area contributed by atoms with Crippen molar-refractivity contribution in [1.29, 1.82) is 0 Å². The Labute approximate surface area is 123 Å². The Hall–Kier alpha value is -1.23. The Balaban J connectivity index is 1.86. The maximum Gasteiger partial charge on any atom is 0.573 e. The molecule has 21 heavy (non-hydrogen) atoms. The Kier molecular flexibility index (Phi) is 5.51. The summed E-state index contributed by atoms with van der Waals surface area (Å²) in [5.74, 6) is 0.514. The van der Waals surface area contributed by atoms with Gasteiger partial charge in [-0.15, -0.1) is 13.2 Å². The molecule has 0 radical (unpaired) electrons. The molecule has 0 saturated heterocycles. The summed E-state index contributed by atoms with van der Waals surface area (Å²) in [4.78, 5) is 0. The first-order valence-electron chi connectivity index (χ1n) is 7.52. The number of hydrogen-bond acceptors (Lipinski definition) is 2. The SMILES string of the molecule is CC(NCc1cccc(OC(F)(F)F)c1)C1CCCCC1. The lowest BCUT2D eigenvalue weighted by molar-refractivity contribution is -0.274. The first kappa shape index (κ1) is 16.1. The van der Waals surface area contributed by atoms with Crippen LogP contribution in [0.3, 0.4) is 0 Å². The average molecular weight is 301 g/mol. The molecule has 2 rings (SSSR count). The first-order valence-corrected chi connectivity index (χ1v) is 7.52. The molecule has 1 fully saturated rings. The van der Waals surface area contributed by atoms with Gasteiger partial charge in [-0.1, -0.05) is 31.4 Å². The highest BCUT2D eigenvalue weighted by molar-refractivity contribution is 5.28. The molecular weight excluding hydrogens is 279 g/mol. The second-order valence-corrected chi connectivity index (χ2v) is 5.76. The van der Waals surface area contributed by atoms with Gasteiger partial charge < -0.3 is 10.1 Å². The molecule has 1 aromatic rings. The number of ether oxygens (including phenoxy) is 1. The van der Waals surface area contributed by atoms with Crippen molar-refractivity contribution in [2.75, 3.05) is 0 Å². The number of hydrogen-bond donors (Lipinski definition) is 1. The van der Waals surface area contributed by atoms with Crippen molar-refractivity contribution in [1.82, 2.24) is 5.32 Å². The summed E-state index contributed by atoms with van der Waals surface area (Å²) in [6.45, 7) is 2.72. The molecule has 1 atom stereocenters. The van der Waals surface area contributed by atoms with Crippen LogP contribution in [-0.4, -0.2) is 12.4 Å². The second-order valence-electron chi connectivity index (χ2n) is 5.76. The number of rotatable bonds is 5. The van der Waals surface area contributed by atoms with Gasteiger partial charge in [0.05, 0.1) is 0 Å². The van der Waals surface area contributed by atoms with Crippen LogP contribution in [-0.2, 0) is 6.54 Å². The van der Waals surface area contributed by atoms with E-state index >= 15 is 0 Å². The Bertz CT molecular complexity index is 441. The van der Waals surface area contributed by atoms with Crippen LogP contribution in [0.15, 0.2) is 24.3 Å². The van der Waals surface area contributed by atoms with Crippen LogP contribution in [0.25, 0.3) is 0 Å². The molecule has 1 aliphatic carbocycles. The van der Waals surface area contributed by atoms with Gasteiger partial charge in [-0.25, -0.2) is 0 Å². The summed E-state index contributed by atoms with van der Waals surface area (Å²) in [5.41, 5.74) is 0.805. The summed E-state index contributed by atoms with van der Waals surface area (Å²) in [6, 6.07) is 6.54. The molecule has 1 aliphatic rings. The quantitative estimate of drug-likeness (QED) is 0.855. The molecule has 1 unspecified atom stereocenters. The van der Waals surface area contributed by atoms with E-state index in [1.54, 1.807) is 6.07 Å². The topological polar surface area (TPSA) is 21.3 Å². The highest BCUT2D eigenvalue weighted by Crippen LogP contribution is 2.27. The van der Waals surface area contributed by atoms with Gasteiger partial charge in [0.15, 0.2) is 0 Å². The monoisotopic (exact) mass is 301 g/mol. The lowest BCUT2D eigenvalue weighted by Gasteiger charge is -2.28. The third kappa shape index (κ3) is 5.58. The van der Waals surface area contributed by atoms with E-state index in [1.807, 2.05) is 6.07 Å². The Morgan fingerprint density at radius 2 is 1.95 bits per heavy atom. The molecule has 118 valence electrons. The number of nitrogens with one attached hydrogen (secondary N) is 1. The summed E-state index contributed by atoms with van der Waals surface area (Å²) in [5, 5.41) is 3.42. The van der Waals surface area contributed by atoms with E-state index in [-0.39, 0.29) is 5.75 Å².